The summed E-state index contributed by atoms with van der Waals surface area (Å²) in [5.41, 5.74) is 0.640. The van der Waals surface area contributed by atoms with Gasteiger partial charge in [0, 0.05) is 38.3 Å². The lowest BCUT2D eigenvalue weighted by Gasteiger charge is -2.20. The van der Waals surface area contributed by atoms with E-state index in [1.165, 1.54) is 0 Å². The lowest BCUT2D eigenvalue weighted by Crippen LogP contribution is -2.40. The summed E-state index contributed by atoms with van der Waals surface area (Å²) in [5.74, 6) is 1.54. The summed E-state index contributed by atoms with van der Waals surface area (Å²) < 4.78 is 6.99. The van der Waals surface area contributed by atoms with Crippen molar-refractivity contribution in [3.8, 4) is 0 Å². The minimum absolute atomic E-state index is 0. The first kappa shape index (κ1) is 22.2. The van der Waals surface area contributed by atoms with E-state index in [0.29, 0.717) is 19.0 Å². The predicted octanol–water partition coefficient (Wildman–Crippen LogP) is 2.19. The van der Waals surface area contributed by atoms with Gasteiger partial charge in [-0.1, -0.05) is 12.2 Å². The van der Waals surface area contributed by atoms with E-state index < -0.39 is 5.60 Å². The molecule has 2 rings (SSSR count). The topological polar surface area (TPSA) is 87.6 Å². The molecule has 144 valence electrons. The van der Waals surface area contributed by atoms with E-state index in [9.17, 15) is 5.11 Å². The van der Waals surface area contributed by atoms with Gasteiger partial charge >= 0.3 is 0 Å². The Balaban J connectivity index is 0.00000338. The van der Waals surface area contributed by atoms with Gasteiger partial charge in [-0.25, -0.2) is 4.99 Å². The molecule has 0 saturated heterocycles. The number of rotatable bonds is 8. The molecule has 0 bridgehead atoms. The molecular formula is C18H28IN5O2. The molecule has 0 spiro atoms. The maximum atomic E-state index is 10.7. The molecule has 0 aromatic carbocycles. The van der Waals surface area contributed by atoms with Gasteiger partial charge in [0.15, 0.2) is 5.96 Å². The van der Waals surface area contributed by atoms with Crippen LogP contribution in [0.2, 0.25) is 0 Å². The van der Waals surface area contributed by atoms with Crippen LogP contribution in [-0.2, 0) is 19.1 Å². The van der Waals surface area contributed by atoms with E-state index in [4.69, 9.17) is 4.42 Å². The van der Waals surface area contributed by atoms with Crippen molar-refractivity contribution in [1.82, 2.24) is 20.4 Å². The highest BCUT2D eigenvalue weighted by molar-refractivity contribution is 14.0. The van der Waals surface area contributed by atoms with Crippen LogP contribution in [0.1, 0.15) is 25.2 Å². The van der Waals surface area contributed by atoms with Gasteiger partial charge in [-0.05, 0) is 26.0 Å². The van der Waals surface area contributed by atoms with Crippen molar-refractivity contribution < 1.29 is 9.52 Å². The Kier molecular flexibility index (Phi) is 8.86. The number of furan rings is 1. The summed E-state index contributed by atoms with van der Waals surface area (Å²) >= 11 is 0. The summed E-state index contributed by atoms with van der Waals surface area (Å²) in [6.07, 6.45) is 5.86. The zero-order valence-corrected chi connectivity index (χ0v) is 17.9. The van der Waals surface area contributed by atoms with E-state index in [-0.39, 0.29) is 30.5 Å². The Morgan fingerprint density at radius 3 is 2.81 bits per heavy atom. The third-order valence-corrected chi connectivity index (χ3v) is 3.67. The molecule has 2 aromatic rings. The first-order valence-electron chi connectivity index (χ1n) is 8.27. The fraction of sp³-hybridized carbons (Fsp3) is 0.444. The van der Waals surface area contributed by atoms with Crippen molar-refractivity contribution in [2.24, 2.45) is 12.0 Å². The molecule has 0 saturated carbocycles. The van der Waals surface area contributed by atoms with E-state index >= 15 is 0 Å². The molecule has 26 heavy (non-hydrogen) atoms. The molecule has 0 fully saturated rings. The van der Waals surface area contributed by atoms with Crippen LogP contribution < -0.4 is 10.6 Å². The quantitative estimate of drug-likeness (QED) is 0.237. The summed E-state index contributed by atoms with van der Waals surface area (Å²) in [4.78, 5) is 4.51. The average Bonchev–Trinajstić information content (AvgIpc) is 3.21. The molecule has 3 N–H and O–H groups in total. The molecule has 1 atom stereocenters. The first-order valence-corrected chi connectivity index (χ1v) is 8.27. The molecular weight excluding hydrogens is 445 g/mol. The first-order chi connectivity index (χ1) is 11.9. The number of hydrogen-bond acceptors (Lipinski definition) is 4. The fourth-order valence-electron chi connectivity index (χ4n) is 2.19. The van der Waals surface area contributed by atoms with Gasteiger partial charge in [0.1, 0.15) is 11.4 Å². The summed E-state index contributed by atoms with van der Waals surface area (Å²) in [5, 5.41) is 21.2. The molecule has 0 aliphatic heterocycles. The smallest absolute Gasteiger partial charge is 0.191 e. The van der Waals surface area contributed by atoms with Crippen molar-refractivity contribution in [3.63, 3.8) is 0 Å². The summed E-state index contributed by atoms with van der Waals surface area (Å²) in [6, 6.07) is 3.81. The maximum Gasteiger partial charge on any atom is 0.191 e. The molecule has 0 radical (unpaired) electrons. The van der Waals surface area contributed by atoms with Gasteiger partial charge in [0.25, 0.3) is 0 Å². The van der Waals surface area contributed by atoms with E-state index in [0.717, 1.165) is 23.3 Å². The van der Waals surface area contributed by atoms with Crippen LogP contribution in [0, 0.1) is 0 Å². The molecule has 8 heteroatoms. The Morgan fingerprint density at radius 2 is 2.23 bits per heavy atom. The zero-order chi connectivity index (χ0) is 18.3. The van der Waals surface area contributed by atoms with Gasteiger partial charge in [0.2, 0.25) is 0 Å². The molecule has 0 aliphatic rings. The van der Waals surface area contributed by atoms with Gasteiger partial charge in [0.05, 0.1) is 19.0 Å². The molecule has 0 amide bonds. The molecule has 0 aliphatic carbocycles. The molecule has 1 unspecified atom stereocenters. The van der Waals surface area contributed by atoms with Gasteiger partial charge in [-0.15, -0.1) is 24.0 Å². The van der Waals surface area contributed by atoms with Gasteiger partial charge in [-0.2, -0.15) is 5.10 Å². The minimum Gasteiger partial charge on any atom is -0.469 e. The second kappa shape index (κ2) is 10.4. The summed E-state index contributed by atoms with van der Waals surface area (Å²) in [6.45, 7) is 9.06. The van der Waals surface area contributed by atoms with Crippen molar-refractivity contribution >= 4 is 29.9 Å². The second-order valence-electron chi connectivity index (χ2n) is 6.41. The second-order valence-corrected chi connectivity index (χ2v) is 6.41. The van der Waals surface area contributed by atoms with Crippen molar-refractivity contribution in [2.75, 3.05) is 19.6 Å². The van der Waals surface area contributed by atoms with E-state index in [1.54, 1.807) is 30.3 Å². The van der Waals surface area contributed by atoms with Crippen LogP contribution in [-0.4, -0.2) is 40.5 Å². The largest absolute Gasteiger partial charge is 0.469 e. The number of aliphatic imine (C=N–C) groups is 1. The normalized spacial score (nSPS) is 13.6. The lowest BCUT2D eigenvalue weighted by atomic mass is 10.0. The van der Waals surface area contributed by atoms with Crippen LogP contribution in [0.5, 0.6) is 0 Å². The van der Waals surface area contributed by atoms with Crippen LogP contribution in [0.25, 0.3) is 0 Å². The number of halogens is 1. The van der Waals surface area contributed by atoms with Crippen molar-refractivity contribution in [3.05, 3.63) is 54.3 Å². The van der Waals surface area contributed by atoms with Crippen molar-refractivity contribution in [1.29, 1.82) is 0 Å². The number of nitrogens with zero attached hydrogens (tertiary/aromatic N) is 3. The standard InChI is InChI=1S/C18H27N5O2.HI/c1-14(2)10-20-17(19-8-7-16-6-5-9-25-16)21-13-18(3,24)15-11-22-23(4)12-15;/h5-6,9,11-12,24H,1,7-8,10,13H2,2-4H3,(H2,19,20,21);1H. The third-order valence-electron chi connectivity index (χ3n) is 3.67. The van der Waals surface area contributed by atoms with Crippen LogP contribution >= 0.6 is 24.0 Å². The number of aryl methyl sites for hydroxylation is 1. The highest BCUT2D eigenvalue weighted by atomic mass is 127. The number of guanidine groups is 1. The zero-order valence-electron chi connectivity index (χ0n) is 15.5. The third kappa shape index (κ3) is 7.20. The highest BCUT2D eigenvalue weighted by Gasteiger charge is 2.24. The predicted molar refractivity (Wildman–Crippen MR) is 114 cm³/mol. The number of hydrogen-bond donors (Lipinski definition) is 3. The van der Waals surface area contributed by atoms with E-state index in [1.807, 2.05) is 26.1 Å². The molecule has 2 aromatic heterocycles. The van der Waals surface area contributed by atoms with Crippen LogP contribution in [0.4, 0.5) is 0 Å². The number of aromatic nitrogens is 2. The average molecular weight is 473 g/mol. The number of nitrogens with one attached hydrogen (secondary N) is 2. The SMILES string of the molecule is C=C(C)CNC(=NCC(C)(O)c1cnn(C)c1)NCCc1ccco1.I. The molecule has 2 heterocycles. The summed E-state index contributed by atoms with van der Waals surface area (Å²) in [7, 11) is 1.82. The number of aliphatic hydroxyl groups is 1. The van der Waals surface area contributed by atoms with E-state index in [2.05, 4.69) is 27.3 Å². The Hall–Kier alpha value is -1.81. The van der Waals surface area contributed by atoms with Gasteiger partial charge in [-0.3, -0.25) is 4.68 Å². The Morgan fingerprint density at radius 1 is 1.46 bits per heavy atom. The van der Waals surface area contributed by atoms with Crippen molar-refractivity contribution in [2.45, 2.75) is 25.9 Å². The fourth-order valence-corrected chi connectivity index (χ4v) is 2.19. The minimum atomic E-state index is -1.09. The van der Waals surface area contributed by atoms with Gasteiger partial charge < -0.3 is 20.2 Å². The van der Waals surface area contributed by atoms with Crippen LogP contribution in [0.15, 0.2) is 52.4 Å². The van der Waals surface area contributed by atoms with Crippen LogP contribution in [0.3, 0.4) is 0 Å². The Bertz CT molecular complexity index is 707. The molecule has 7 nitrogen and oxygen atoms in total. The maximum absolute atomic E-state index is 10.7. The Labute approximate surface area is 171 Å². The lowest BCUT2D eigenvalue weighted by molar-refractivity contribution is 0.0672. The monoisotopic (exact) mass is 473 g/mol. The highest BCUT2D eigenvalue weighted by Crippen LogP contribution is 2.19.